The minimum Gasteiger partial charge on any atom is -0.324 e. The molecule has 3 rings (SSSR count). The van der Waals surface area contributed by atoms with E-state index in [9.17, 15) is 0 Å². The second-order valence-electron chi connectivity index (χ2n) is 6.38. The predicted octanol–water partition coefficient (Wildman–Crippen LogP) is 3.69. The molecule has 0 saturated heterocycles. The van der Waals surface area contributed by atoms with Crippen molar-refractivity contribution in [2.45, 2.75) is 63.6 Å². The smallest absolute Gasteiger partial charge is 0.0344 e. The lowest BCUT2D eigenvalue weighted by Gasteiger charge is -2.31. The maximum Gasteiger partial charge on any atom is 0.0344 e. The summed E-state index contributed by atoms with van der Waals surface area (Å²) in [7, 11) is 0. The molecule has 2 heteroatoms. The van der Waals surface area contributed by atoms with Crippen molar-refractivity contribution in [3.63, 3.8) is 0 Å². The summed E-state index contributed by atoms with van der Waals surface area (Å²) in [6, 6.07) is 9.96. The third-order valence-corrected chi connectivity index (χ3v) is 5.08. The van der Waals surface area contributed by atoms with E-state index in [0.717, 1.165) is 12.3 Å². The molecule has 0 aliphatic heterocycles. The van der Waals surface area contributed by atoms with Crippen LogP contribution in [0.2, 0.25) is 0 Å². The average Bonchev–Trinajstić information content (AvgIpc) is 2.77. The Hall–Kier alpha value is -0.860. The van der Waals surface area contributed by atoms with E-state index in [4.69, 9.17) is 5.73 Å². The normalized spacial score (nSPS) is 29.2. The zero-order valence-corrected chi connectivity index (χ0v) is 11.9. The molecule has 2 aliphatic carbocycles. The molecule has 2 unspecified atom stereocenters. The summed E-state index contributed by atoms with van der Waals surface area (Å²) in [5.74, 6) is 0.859. The summed E-state index contributed by atoms with van der Waals surface area (Å²) in [6.45, 7) is 2.36. The molecule has 0 bridgehead atoms. The van der Waals surface area contributed by atoms with Gasteiger partial charge in [-0.2, -0.15) is 0 Å². The van der Waals surface area contributed by atoms with Gasteiger partial charge in [-0.1, -0.05) is 43.5 Å². The molecular formula is C17H26N2. The van der Waals surface area contributed by atoms with Gasteiger partial charge in [-0.05, 0) is 43.2 Å². The highest BCUT2D eigenvalue weighted by molar-refractivity contribution is 5.37. The fourth-order valence-corrected chi connectivity index (χ4v) is 3.92. The minimum absolute atomic E-state index is 0.215. The lowest BCUT2D eigenvalue weighted by Crippen LogP contribution is -2.36. The Labute approximate surface area is 116 Å². The van der Waals surface area contributed by atoms with E-state index in [0.29, 0.717) is 12.1 Å². The Kier molecular flexibility index (Phi) is 3.90. The molecule has 104 valence electrons. The van der Waals surface area contributed by atoms with Crippen LogP contribution in [-0.2, 0) is 0 Å². The second kappa shape index (κ2) is 5.64. The molecule has 1 aromatic rings. The Morgan fingerprint density at radius 2 is 1.79 bits per heavy atom. The van der Waals surface area contributed by atoms with Crippen molar-refractivity contribution in [3.8, 4) is 0 Å². The quantitative estimate of drug-likeness (QED) is 0.867. The second-order valence-corrected chi connectivity index (χ2v) is 6.38. The summed E-state index contributed by atoms with van der Waals surface area (Å²) in [4.78, 5) is 0. The van der Waals surface area contributed by atoms with Crippen LogP contribution in [0.3, 0.4) is 0 Å². The molecule has 0 heterocycles. The van der Waals surface area contributed by atoms with Gasteiger partial charge in [-0.25, -0.2) is 0 Å². The molecule has 19 heavy (non-hydrogen) atoms. The summed E-state index contributed by atoms with van der Waals surface area (Å²) in [5, 5.41) is 3.86. The van der Waals surface area contributed by atoms with Crippen molar-refractivity contribution < 1.29 is 0 Å². The van der Waals surface area contributed by atoms with E-state index in [1.165, 1.54) is 43.2 Å². The van der Waals surface area contributed by atoms with Gasteiger partial charge >= 0.3 is 0 Å². The predicted molar refractivity (Wildman–Crippen MR) is 79.9 cm³/mol. The van der Waals surface area contributed by atoms with Crippen LogP contribution in [0.4, 0.5) is 0 Å². The summed E-state index contributed by atoms with van der Waals surface area (Å²) >= 11 is 0. The van der Waals surface area contributed by atoms with Crippen LogP contribution in [0, 0.1) is 5.92 Å². The van der Waals surface area contributed by atoms with Crippen LogP contribution in [-0.4, -0.2) is 6.04 Å². The first-order valence-corrected chi connectivity index (χ1v) is 7.86. The molecule has 0 aromatic heterocycles. The number of rotatable bonds is 3. The van der Waals surface area contributed by atoms with E-state index in [1.807, 2.05) is 0 Å². The van der Waals surface area contributed by atoms with Gasteiger partial charge in [0.15, 0.2) is 0 Å². The van der Waals surface area contributed by atoms with Gasteiger partial charge in [0.1, 0.15) is 0 Å². The Morgan fingerprint density at radius 1 is 1.11 bits per heavy atom. The van der Waals surface area contributed by atoms with Gasteiger partial charge in [-0.15, -0.1) is 0 Å². The van der Waals surface area contributed by atoms with Gasteiger partial charge < -0.3 is 11.1 Å². The maximum absolute atomic E-state index is 6.25. The zero-order valence-electron chi connectivity index (χ0n) is 11.9. The SMILES string of the molecule is C[C@@H](NC1CC(N)c2ccccc21)C1CCCCC1. The Morgan fingerprint density at radius 3 is 2.53 bits per heavy atom. The van der Waals surface area contributed by atoms with Crippen molar-refractivity contribution in [1.82, 2.24) is 5.32 Å². The van der Waals surface area contributed by atoms with Crippen LogP contribution in [0.15, 0.2) is 24.3 Å². The Bertz CT molecular complexity index is 423. The van der Waals surface area contributed by atoms with Crippen LogP contribution in [0.1, 0.15) is 68.7 Å². The zero-order chi connectivity index (χ0) is 13.2. The third-order valence-electron chi connectivity index (χ3n) is 5.08. The van der Waals surface area contributed by atoms with Crippen molar-refractivity contribution in [2.75, 3.05) is 0 Å². The van der Waals surface area contributed by atoms with Gasteiger partial charge in [0.25, 0.3) is 0 Å². The molecule has 1 fully saturated rings. The topological polar surface area (TPSA) is 38.0 Å². The number of fused-ring (bicyclic) bond motifs is 1. The molecule has 0 radical (unpaired) electrons. The number of nitrogens with two attached hydrogens (primary N) is 1. The lowest BCUT2D eigenvalue weighted by molar-refractivity contribution is 0.262. The summed E-state index contributed by atoms with van der Waals surface area (Å²) in [6.07, 6.45) is 8.11. The molecule has 2 nitrogen and oxygen atoms in total. The Balaban J connectivity index is 1.67. The molecular weight excluding hydrogens is 232 g/mol. The van der Waals surface area contributed by atoms with Crippen molar-refractivity contribution >= 4 is 0 Å². The molecule has 1 saturated carbocycles. The molecule has 3 N–H and O–H groups in total. The fraction of sp³-hybridized carbons (Fsp3) is 0.647. The van der Waals surface area contributed by atoms with E-state index < -0.39 is 0 Å². The van der Waals surface area contributed by atoms with Gasteiger partial charge in [-0.3, -0.25) is 0 Å². The first-order chi connectivity index (χ1) is 9.25. The first-order valence-electron chi connectivity index (χ1n) is 7.86. The maximum atomic E-state index is 6.25. The highest BCUT2D eigenvalue weighted by Gasteiger charge is 2.30. The van der Waals surface area contributed by atoms with Gasteiger partial charge in [0.2, 0.25) is 0 Å². The van der Waals surface area contributed by atoms with Crippen LogP contribution < -0.4 is 11.1 Å². The molecule has 3 atom stereocenters. The van der Waals surface area contributed by atoms with Gasteiger partial charge in [0.05, 0.1) is 0 Å². The number of hydrogen-bond donors (Lipinski definition) is 2. The monoisotopic (exact) mass is 258 g/mol. The molecule has 2 aliphatic rings. The van der Waals surface area contributed by atoms with Crippen molar-refractivity contribution in [2.24, 2.45) is 11.7 Å². The molecule has 1 aromatic carbocycles. The lowest BCUT2D eigenvalue weighted by atomic mass is 9.84. The highest BCUT2D eigenvalue weighted by Crippen LogP contribution is 2.38. The van der Waals surface area contributed by atoms with E-state index in [-0.39, 0.29) is 6.04 Å². The molecule has 0 spiro atoms. The van der Waals surface area contributed by atoms with Crippen LogP contribution in [0.5, 0.6) is 0 Å². The standard InChI is InChI=1S/C17H26N2/c1-12(13-7-3-2-4-8-13)19-17-11-16(18)14-9-5-6-10-15(14)17/h5-6,9-10,12-13,16-17,19H,2-4,7-8,11,18H2,1H3/t12-,16?,17?/m1/s1. The van der Waals surface area contributed by atoms with Crippen molar-refractivity contribution in [3.05, 3.63) is 35.4 Å². The summed E-state index contributed by atoms with van der Waals surface area (Å²) in [5.41, 5.74) is 9.02. The minimum atomic E-state index is 0.215. The number of nitrogens with one attached hydrogen (secondary N) is 1. The van der Waals surface area contributed by atoms with Crippen LogP contribution >= 0.6 is 0 Å². The van der Waals surface area contributed by atoms with Crippen LogP contribution in [0.25, 0.3) is 0 Å². The molecule has 0 amide bonds. The average molecular weight is 258 g/mol. The first kappa shape index (κ1) is 13.1. The fourth-order valence-electron chi connectivity index (χ4n) is 3.92. The number of hydrogen-bond acceptors (Lipinski definition) is 2. The van der Waals surface area contributed by atoms with E-state index >= 15 is 0 Å². The largest absolute Gasteiger partial charge is 0.324 e. The van der Waals surface area contributed by atoms with Crippen molar-refractivity contribution in [1.29, 1.82) is 0 Å². The number of benzene rings is 1. The van der Waals surface area contributed by atoms with E-state index in [1.54, 1.807) is 0 Å². The summed E-state index contributed by atoms with van der Waals surface area (Å²) < 4.78 is 0. The highest BCUT2D eigenvalue weighted by atomic mass is 15.0. The van der Waals surface area contributed by atoms with E-state index in [2.05, 4.69) is 36.5 Å². The van der Waals surface area contributed by atoms with Gasteiger partial charge in [0, 0.05) is 18.1 Å². The third kappa shape index (κ3) is 2.70.